The van der Waals surface area contributed by atoms with E-state index in [1.54, 1.807) is 0 Å². The third-order valence-corrected chi connectivity index (χ3v) is 1.87. The van der Waals surface area contributed by atoms with Crippen LogP contribution in [0.1, 0.15) is 12.8 Å². The van der Waals surface area contributed by atoms with Crippen LogP contribution in [0, 0.1) is 0 Å². The minimum Gasteiger partial charge on any atom is -0.321 e. The first-order chi connectivity index (χ1) is 6.54. The van der Waals surface area contributed by atoms with E-state index >= 15 is 0 Å². The molecule has 0 saturated heterocycles. The van der Waals surface area contributed by atoms with Gasteiger partial charge in [0.05, 0.1) is 6.04 Å². The van der Waals surface area contributed by atoms with Gasteiger partial charge >= 0.3 is 0 Å². The maximum atomic E-state index is 10.9. The second-order valence-corrected chi connectivity index (χ2v) is 3.10. The minimum atomic E-state index is -0.992. The fourth-order valence-electron chi connectivity index (χ4n) is 1.21. The van der Waals surface area contributed by atoms with Crippen molar-refractivity contribution in [2.45, 2.75) is 18.9 Å². The molecule has 1 atom stereocenters. The average molecular weight is 195 g/mol. The Labute approximate surface area is 79.9 Å². The van der Waals surface area contributed by atoms with Crippen LogP contribution in [0.3, 0.4) is 0 Å². The van der Waals surface area contributed by atoms with Gasteiger partial charge in [-0.15, -0.1) is 0 Å². The number of hydrogen-bond acceptors (Lipinski definition) is 5. The zero-order chi connectivity index (χ0) is 10.7. The predicted octanol–water partition coefficient (Wildman–Crippen LogP) is -1.06. The van der Waals surface area contributed by atoms with Crippen LogP contribution in [-0.4, -0.2) is 29.7 Å². The van der Waals surface area contributed by atoms with E-state index in [2.05, 4.69) is 0 Å². The summed E-state index contributed by atoms with van der Waals surface area (Å²) < 4.78 is 0. The van der Waals surface area contributed by atoms with E-state index in [0.29, 0.717) is 11.9 Å². The van der Waals surface area contributed by atoms with Gasteiger partial charge in [-0.1, -0.05) is 5.57 Å². The minimum absolute atomic E-state index is 0.105. The molecule has 0 fully saturated rings. The molecule has 0 aromatic carbocycles. The Morgan fingerprint density at radius 3 is 2.57 bits per heavy atom. The van der Waals surface area contributed by atoms with Gasteiger partial charge in [0.15, 0.2) is 0 Å². The summed E-state index contributed by atoms with van der Waals surface area (Å²) in [4.78, 5) is 42.9. The molecule has 1 rings (SSSR count). The van der Waals surface area contributed by atoms with Crippen LogP contribution in [0.25, 0.3) is 0 Å². The highest BCUT2D eigenvalue weighted by molar-refractivity contribution is 6.67. The Bertz CT molecular complexity index is 343. The maximum absolute atomic E-state index is 10.9. The lowest BCUT2D eigenvalue weighted by Gasteiger charge is -2.11. The lowest BCUT2D eigenvalue weighted by Crippen LogP contribution is -2.30. The Kier molecular flexibility index (Phi) is 3.03. The molecule has 74 valence electrons. The molecule has 0 amide bonds. The Morgan fingerprint density at radius 1 is 1.43 bits per heavy atom. The van der Waals surface area contributed by atoms with E-state index in [1.165, 1.54) is 0 Å². The molecule has 5 nitrogen and oxygen atoms in total. The van der Waals surface area contributed by atoms with Crippen molar-refractivity contribution < 1.29 is 19.2 Å². The summed E-state index contributed by atoms with van der Waals surface area (Å²) in [5.74, 6) is -2.55. The smallest absolute Gasteiger partial charge is 0.268 e. The van der Waals surface area contributed by atoms with Gasteiger partial charge < -0.3 is 10.5 Å². The Hall–Kier alpha value is -1.62. The summed E-state index contributed by atoms with van der Waals surface area (Å²) >= 11 is 0. The third-order valence-electron chi connectivity index (χ3n) is 1.87. The fourth-order valence-corrected chi connectivity index (χ4v) is 1.21. The molecule has 0 bridgehead atoms. The van der Waals surface area contributed by atoms with E-state index in [4.69, 9.17) is 5.73 Å². The number of allylic oxidation sites excluding steroid dienone is 1. The zero-order valence-electron chi connectivity index (χ0n) is 7.36. The SMILES string of the molecule is N[C@H](C=O)CC1=CC(=O)C(=O)C(=O)C1. The molecule has 1 aliphatic rings. The molecule has 0 unspecified atom stereocenters. The summed E-state index contributed by atoms with van der Waals surface area (Å²) in [5.41, 5.74) is 5.76. The van der Waals surface area contributed by atoms with Crippen LogP contribution in [0.2, 0.25) is 0 Å². The third kappa shape index (κ3) is 2.20. The highest BCUT2D eigenvalue weighted by Gasteiger charge is 2.27. The number of hydrogen-bond donors (Lipinski definition) is 1. The molecule has 14 heavy (non-hydrogen) atoms. The molecule has 5 heteroatoms. The lowest BCUT2D eigenvalue weighted by atomic mass is 9.92. The average Bonchev–Trinajstić information content (AvgIpc) is 2.14. The van der Waals surface area contributed by atoms with Gasteiger partial charge in [0.1, 0.15) is 6.29 Å². The quantitative estimate of drug-likeness (QED) is 0.457. The van der Waals surface area contributed by atoms with E-state index in [0.717, 1.165) is 6.08 Å². The van der Waals surface area contributed by atoms with Gasteiger partial charge in [-0.2, -0.15) is 0 Å². The van der Waals surface area contributed by atoms with Crippen LogP contribution in [0.4, 0.5) is 0 Å². The number of nitrogens with two attached hydrogens (primary N) is 1. The molecule has 1 aliphatic carbocycles. The van der Waals surface area contributed by atoms with Crippen molar-refractivity contribution in [2.24, 2.45) is 5.73 Å². The first kappa shape index (κ1) is 10.5. The summed E-state index contributed by atoms with van der Waals surface area (Å²) in [7, 11) is 0. The number of ketones is 3. The lowest BCUT2D eigenvalue weighted by molar-refractivity contribution is -0.142. The molecule has 2 N–H and O–H groups in total. The van der Waals surface area contributed by atoms with Gasteiger partial charge in [-0.3, -0.25) is 14.4 Å². The zero-order valence-corrected chi connectivity index (χ0v) is 7.36. The maximum Gasteiger partial charge on any atom is 0.268 e. The van der Waals surface area contributed by atoms with Crippen LogP contribution in [-0.2, 0) is 19.2 Å². The predicted molar refractivity (Wildman–Crippen MR) is 46.4 cm³/mol. The van der Waals surface area contributed by atoms with Crippen molar-refractivity contribution in [3.63, 3.8) is 0 Å². The van der Waals surface area contributed by atoms with Gasteiger partial charge in [0.2, 0.25) is 11.6 Å². The monoisotopic (exact) mass is 195 g/mol. The number of aldehydes is 1. The van der Waals surface area contributed by atoms with Crippen LogP contribution in [0.15, 0.2) is 11.6 Å². The van der Waals surface area contributed by atoms with Gasteiger partial charge in [0.25, 0.3) is 5.78 Å². The number of rotatable bonds is 3. The van der Waals surface area contributed by atoms with E-state index in [-0.39, 0.29) is 12.8 Å². The van der Waals surface area contributed by atoms with Gasteiger partial charge in [0, 0.05) is 6.42 Å². The molecule has 0 aromatic heterocycles. The number of carbonyl (C=O) groups is 4. The van der Waals surface area contributed by atoms with Crippen molar-refractivity contribution in [3.05, 3.63) is 11.6 Å². The largest absolute Gasteiger partial charge is 0.321 e. The van der Waals surface area contributed by atoms with E-state index < -0.39 is 23.4 Å². The van der Waals surface area contributed by atoms with Gasteiger partial charge in [-0.25, -0.2) is 0 Å². The van der Waals surface area contributed by atoms with Crippen LogP contribution < -0.4 is 5.73 Å². The molecule has 0 heterocycles. The first-order valence-corrected chi connectivity index (χ1v) is 4.06. The highest BCUT2D eigenvalue weighted by atomic mass is 16.2. The number of Topliss-reactive ketones (excluding diaryl/α,β-unsaturated/α-hetero) is 2. The molecular formula is C9H9NO4. The van der Waals surface area contributed by atoms with E-state index in [1.807, 2.05) is 0 Å². The van der Waals surface area contributed by atoms with Gasteiger partial charge in [-0.05, 0) is 12.5 Å². The first-order valence-electron chi connectivity index (χ1n) is 4.06. The molecule has 0 saturated carbocycles. The van der Waals surface area contributed by atoms with E-state index in [9.17, 15) is 19.2 Å². The van der Waals surface area contributed by atoms with Crippen molar-refractivity contribution in [3.8, 4) is 0 Å². The fraction of sp³-hybridized carbons (Fsp3) is 0.333. The second kappa shape index (κ2) is 4.06. The highest BCUT2D eigenvalue weighted by Crippen LogP contribution is 2.14. The summed E-state index contributed by atoms with van der Waals surface area (Å²) in [6.45, 7) is 0. The summed E-state index contributed by atoms with van der Waals surface area (Å²) in [6.07, 6.45) is 1.67. The normalized spacial score (nSPS) is 19.2. The molecule has 0 aromatic rings. The van der Waals surface area contributed by atoms with Crippen molar-refractivity contribution in [1.82, 2.24) is 0 Å². The molecular weight excluding hydrogens is 186 g/mol. The standard InChI is InChI=1S/C9H9NO4/c10-6(4-11)1-5-2-7(12)9(14)8(13)3-5/h2,4,6H,1,3,10H2/t6-/m0/s1. The van der Waals surface area contributed by atoms with Crippen LogP contribution in [0.5, 0.6) is 0 Å². The molecule has 0 spiro atoms. The summed E-state index contributed by atoms with van der Waals surface area (Å²) in [6, 6.07) is -0.727. The number of carbonyl (C=O) groups excluding carboxylic acids is 4. The van der Waals surface area contributed by atoms with Crippen LogP contribution >= 0.6 is 0 Å². The topological polar surface area (TPSA) is 94.3 Å². The molecule has 0 aliphatic heterocycles. The Balaban J connectivity index is 2.77. The second-order valence-electron chi connectivity index (χ2n) is 3.10. The van der Waals surface area contributed by atoms with Crippen molar-refractivity contribution in [1.29, 1.82) is 0 Å². The van der Waals surface area contributed by atoms with Crippen molar-refractivity contribution >= 4 is 23.6 Å². The Morgan fingerprint density at radius 2 is 2.07 bits per heavy atom. The summed E-state index contributed by atoms with van der Waals surface area (Å²) in [5, 5.41) is 0. The molecule has 0 radical (unpaired) electrons. The van der Waals surface area contributed by atoms with Crippen molar-refractivity contribution in [2.75, 3.05) is 0 Å².